The summed E-state index contributed by atoms with van der Waals surface area (Å²) in [7, 11) is 4.77. The topological polar surface area (TPSA) is 52.1 Å². The van der Waals surface area contributed by atoms with E-state index in [0.717, 1.165) is 18.8 Å². The van der Waals surface area contributed by atoms with Crippen molar-refractivity contribution in [2.45, 2.75) is 25.1 Å². The summed E-state index contributed by atoms with van der Waals surface area (Å²) in [4.78, 5) is 7.87. The second-order valence-corrected chi connectivity index (χ2v) is 7.27. The number of aliphatic imine (C=N–C) groups is 1. The minimum absolute atomic E-state index is 0.166. The summed E-state index contributed by atoms with van der Waals surface area (Å²) in [5.41, 5.74) is 1.17. The van der Waals surface area contributed by atoms with E-state index in [1.807, 2.05) is 18.2 Å². The number of hydrogen-bond acceptors (Lipinski definition) is 4. The summed E-state index contributed by atoms with van der Waals surface area (Å²) < 4.78 is 42.6. The van der Waals surface area contributed by atoms with E-state index < -0.39 is 12.7 Å². The van der Waals surface area contributed by atoms with Crippen molar-refractivity contribution in [3.8, 4) is 5.75 Å². The number of likely N-dealkylation sites (N-methyl/N-ethyl adjacent to an activating group) is 1. The highest BCUT2D eigenvalue weighted by atomic mass is 19.4. The summed E-state index contributed by atoms with van der Waals surface area (Å²) in [5.74, 6) is 1.40. The molecule has 29 heavy (non-hydrogen) atoms. The Kier molecular flexibility index (Phi) is 9.03. The molecule has 1 atom stereocenters. The largest absolute Gasteiger partial charge is 0.497 e. The van der Waals surface area contributed by atoms with Gasteiger partial charge in [0, 0.05) is 26.7 Å². The van der Waals surface area contributed by atoms with Crippen LogP contribution in [0.4, 0.5) is 13.2 Å². The van der Waals surface area contributed by atoms with Crippen molar-refractivity contribution in [2.75, 3.05) is 60.5 Å². The number of alkyl halides is 3. The minimum Gasteiger partial charge on any atom is -0.497 e. The highest BCUT2D eigenvalue weighted by Gasteiger charge is 2.29. The average molecular weight is 416 g/mol. The molecule has 1 heterocycles. The Bertz CT molecular complexity index is 647. The van der Waals surface area contributed by atoms with E-state index in [1.54, 1.807) is 14.2 Å². The molecule has 9 heteroatoms. The van der Waals surface area contributed by atoms with Gasteiger partial charge in [0.2, 0.25) is 0 Å². The number of hydrogen-bond donors (Lipinski definition) is 2. The lowest BCUT2D eigenvalue weighted by Gasteiger charge is -2.29. The van der Waals surface area contributed by atoms with Gasteiger partial charge >= 0.3 is 6.18 Å². The van der Waals surface area contributed by atoms with Crippen LogP contribution in [0.25, 0.3) is 0 Å². The third-order valence-electron chi connectivity index (χ3n) is 4.98. The Morgan fingerprint density at radius 2 is 2.00 bits per heavy atom. The third kappa shape index (κ3) is 8.10. The van der Waals surface area contributed by atoms with Crippen molar-refractivity contribution < 1.29 is 17.9 Å². The number of rotatable bonds is 9. The molecule has 0 aliphatic carbocycles. The van der Waals surface area contributed by atoms with E-state index >= 15 is 0 Å². The maximum atomic E-state index is 12.4. The van der Waals surface area contributed by atoms with Gasteiger partial charge in [0.25, 0.3) is 0 Å². The van der Waals surface area contributed by atoms with Crippen molar-refractivity contribution >= 4 is 5.96 Å². The number of nitrogens with zero attached hydrogens (tertiary/aromatic N) is 3. The first kappa shape index (κ1) is 23.3. The standard InChI is InChI=1S/C20H32F3N5O/c1-24-19(25-9-12-27(2)15-20(21,22)23)26-14-18(28-10-4-5-11-28)16-7-6-8-17(13-16)29-3/h6-8,13,18H,4-5,9-12,14-15H2,1-3H3,(H2,24,25,26). The number of benzene rings is 1. The van der Waals surface area contributed by atoms with Gasteiger partial charge in [-0.05, 0) is 50.7 Å². The first-order valence-electron chi connectivity index (χ1n) is 9.90. The van der Waals surface area contributed by atoms with Gasteiger partial charge in [0.1, 0.15) is 5.75 Å². The summed E-state index contributed by atoms with van der Waals surface area (Å²) in [6.07, 6.45) is -1.83. The van der Waals surface area contributed by atoms with Gasteiger partial charge in [-0.1, -0.05) is 12.1 Å². The predicted octanol–water partition coefficient (Wildman–Crippen LogP) is 2.49. The van der Waals surface area contributed by atoms with Crippen molar-refractivity contribution in [1.82, 2.24) is 20.4 Å². The number of ether oxygens (including phenoxy) is 1. The van der Waals surface area contributed by atoms with Crippen LogP contribution in [0.3, 0.4) is 0 Å². The van der Waals surface area contributed by atoms with E-state index in [9.17, 15) is 13.2 Å². The summed E-state index contributed by atoms with van der Waals surface area (Å²) in [5, 5.41) is 6.41. The molecule has 0 aromatic heterocycles. The molecule has 0 radical (unpaired) electrons. The maximum Gasteiger partial charge on any atom is 0.401 e. The molecule has 1 aromatic carbocycles. The van der Waals surface area contributed by atoms with Gasteiger partial charge in [-0.3, -0.25) is 14.8 Å². The van der Waals surface area contributed by atoms with Gasteiger partial charge in [-0.2, -0.15) is 13.2 Å². The molecule has 164 valence electrons. The lowest BCUT2D eigenvalue weighted by atomic mass is 10.1. The Balaban J connectivity index is 1.91. The van der Waals surface area contributed by atoms with Gasteiger partial charge in [0.15, 0.2) is 5.96 Å². The van der Waals surface area contributed by atoms with E-state index in [-0.39, 0.29) is 12.6 Å². The monoisotopic (exact) mass is 415 g/mol. The molecule has 1 aliphatic rings. The van der Waals surface area contributed by atoms with Crippen LogP contribution in [-0.2, 0) is 0 Å². The third-order valence-corrected chi connectivity index (χ3v) is 4.98. The van der Waals surface area contributed by atoms with E-state index in [4.69, 9.17) is 4.74 Å². The van der Waals surface area contributed by atoms with Crippen LogP contribution in [-0.4, -0.2) is 82.4 Å². The molecule has 2 N–H and O–H groups in total. The fourth-order valence-electron chi connectivity index (χ4n) is 3.52. The number of guanidine groups is 1. The molecule has 0 bridgehead atoms. The molecule has 1 unspecified atom stereocenters. The average Bonchev–Trinajstić information content (AvgIpc) is 3.20. The minimum atomic E-state index is -4.19. The number of nitrogens with one attached hydrogen (secondary N) is 2. The van der Waals surface area contributed by atoms with Gasteiger partial charge in [0.05, 0.1) is 19.7 Å². The van der Waals surface area contributed by atoms with E-state index in [1.165, 1.54) is 30.4 Å². The van der Waals surface area contributed by atoms with Crippen LogP contribution in [0.1, 0.15) is 24.4 Å². The zero-order valence-electron chi connectivity index (χ0n) is 17.4. The summed E-state index contributed by atoms with van der Waals surface area (Å²) in [6.45, 7) is 2.44. The van der Waals surface area contributed by atoms with Crippen LogP contribution in [0.5, 0.6) is 5.75 Å². The molecule has 1 aliphatic heterocycles. The molecule has 0 amide bonds. The molecular formula is C20H32F3N5O. The van der Waals surface area contributed by atoms with Crippen molar-refractivity contribution in [3.05, 3.63) is 29.8 Å². The molecule has 0 saturated carbocycles. The van der Waals surface area contributed by atoms with Gasteiger partial charge < -0.3 is 15.4 Å². The Morgan fingerprint density at radius 1 is 1.28 bits per heavy atom. The van der Waals surface area contributed by atoms with Gasteiger partial charge in [-0.25, -0.2) is 0 Å². The second kappa shape index (κ2) is 11.3. The van der Waals surface area contributed by atoms with Crippen LogP contribution < -0.4 is 15.4 Å². The number of halogens is 3. The molecule has 1 fully saturated rings. The number of methoxy groups -OCH3 is 1. The lowest BCUT2D eigenvalue weighted by molar-refractivity contribution is -0.142. The highest BCUT2D eigenvalue weighted by Crippen LogP contribution is 2.27. The normalized spacial score (nSPS) is 16.9. The number of likely N-dealkylation sites (tertiary alicyclic amines) is 1. The molecule has 6 nitrogen and oxygen atoms in total. The summed E-state index contributed by atoms with van der Waals surface area (Å²) >= 11 is 0. The van der Waals surface area contributed by atoms with E-state index in [2.05, 4.69) is 26.6 Å². The molecular weight excluding hydrogens is 383 g/mol. The first-order chi connectivity index (χ1) is 13.8. The highest BCUT2D eigenvalue weighted by molar-refractivity contribution is 5.79. The zero-order chi connectivity index (χ0) is 21.3. The molecule has 1 saturated heterocycles. The van der Waals surface area contributed by atoms with Crippen LogP contribution in [0.2, 0.25) is 0 Å². The SMILES string of the molecule is CN=C(NCCN(C)CC(F)(F)F)NCC(c1cccc(OC)c1)N1CCCC1. The Morgan fingerprint density at radius 3 is 2.62 bits per heavy atom. The Hall–Kier alpha value is -2.00. The second-order valence-electron chi connectivity index (χ2n) is 7.27. The molecule has 1 aromatic rings. The maximum absolute atomic E-state index is 12.4. The van der Waals surface area contributed by atoms with E-state index in [0.29, 0.717) is 19.0 Å². The van der Waals surface area contributed by atoms with Gasteiger partial charge in [-0.15, -0.1) is 0 Å². The quantitative estimate of drug-likeness (QED) is 0.480. The predicted molar refractivity (Wildman–Crippen MR) is 109 cm³/mol. The van der Waals surface area contributed by atoms with Crippen molar-refractivity contribution in [3.63, 3.8) is 0 Å². The molecule has 2 rings (SSSR count). The van der Waals surface area contributed by atoms with Crippen molar-refractivity contribution in [2.24, 2.45) is 4.99 Å². The van der Waals surface area contributed by atoms with Crippen LogP contribution in [0.15, 0.2) is 29.3 Å². The smallest absolute Gasteiger partial charge is 0.401 e. The summed E-state index contributed by atoms with van der Waals surface area (Å²) in [6, 6.07) is 8.22. The van der Waals surface area contributed by atoms with Crippen LogP contribution in [0, 0.1) is 0 Å². The fraction of sp³-hybridized carbons (Fsp3) is 0.650. The fourth-order valence-corrected chi connectivity index (χ4v) is 3.52. The molecule has 0 spiro atoms. The lowest BCUT2D eigenvalue weighted by Crippen LogP contribution is -2.45. The van der Waals surface area contributed by atoms with Crippen molar-refractivity contribution in [1.29, 1.82) is 0 Å². The zero-order valence-corrected chi connectivity index (χ0v) is 17.4. The first-order valence-corrected chi connectivity index (χ1v) is 9.90. The Labute approximate surface area is 171 Å². The van der Waals surface area contributed by atoms with Crippen LogP contribution >= 0.6 is 0 Å².